The van der Waals surface area contributed by atoms with Crippen LogP contribution in [-0.2, 0) is 7.31 Å². The second-order valence-electron chi connectivity index (χ2n) is 2.26. The summed E-state index contributed by atoms with van der Waals surface area (Å²) in [6.07, 6.45) is 0.722. The second-order valence-corrected chi connectivity index (χ2v) is 3.04. The van der Waals surface area contributed by atoms with Gasteiger partial charge in [0.25, 0.3) is 0 Å². The Labute approximate surface area is 102 Å². The number of hydrogen-bond acceptors (Lipinski definition) is 2. The molecule has 0 aromatic heterocycles. The molecule has 0 aliphatic carbocycles. The molecule has 0 heterocycles. The van der Waals surface area contributed by atoms with Gasteiger partial charge < -0.3 is 9.90 Å². The summed E-state index contributed by atoms with van der Waals surface area (Å²) in [5.41, 5.74) is 1.47. The van der Waals surface area contributed by atoms with Gasteiger partial charge in [-0.1, -0.05) is 6.58 Å². The maximum atomic E-state index is 9.14. The maximum absolute atomic E-state index is 9.14. The molecule has 2 nitrogen and oxygen atoms in total. The quantitative estimate of drug-likeness (QED) is 0.510. The van der Waals surface area contributed by atoms with Crippen molar-refractivity contribution in [1.82, 2.24) is 0 Å². The van der Waals surface area contributed by atoms with Gasteiger partial charge in [-0.25, -0.2) is 0 Å². The number of carbonyl (C=O) groups is 1. The summed E-state index contributed by atoms with van der Waals surface area (Å²) < 4.78 is 1.26. The van der Waals surface area contributed by atoms with Gasteiger partial charge in [-0.2, -0.15) is 0 Å². The van der Waals surface area contributed by atoms with Crippen LogP contribution in [0.2, 0.25) is 0 Å². The standard InChI is InChI=1S/C7H7.C3H4O2.Ca/c1-7-5-3-2-4-6-7;1-2-3(4)5;/h2-6H,1H2;2H,1H2,(H,4,5);/q;;+1/p-1. The number of carbonyl (C=O) groups excluding carboxylic acids is 1. The first-order valence-electron chi connectivity index (χ1n) is 3.87. The van der Waals surface area contributed by atoms with Gasteiger partial charge in [-0.05, 0) is 6.08 Å². The Balaban J connectivity index is 0.000000252. The van der Waals surface area contributed by atoms with Crippen molar-refractivity contribution in [3.8, 4) is 0 Å². The third-order valence-electron chi connectivity index (χ3n) is 1.30. The van der Waals surface area contributed by atoms with Crippen molar-refractivity contribution in [3.05, 3.63) is 48.6 Å². The average Bonchev–Trinajstić information content (AvgIpc) is 2.20. The minimum absolute atomic E-state index is 0.722. The summed E-state index contributed by atoms with van der Waals surface area (Å²) in [7, 11) is 0. The van der Waals surface area contributed by atoms with Gasteiger partial charge in [0.2, 0.25) is 0 Å². The topological polar surface area (TPSA) is 40.1 Å². The van der Waals surface area contributed by atoms with E-state index in [4.69, 9.17) is 9.90 Å². The molecule has 0 saturated carbocycles. The summed E-state index contributed by atoms with van der Waals surface area (Å²) in [6.45, 7) is 2.90. The Morgan fingerprint density at radius 1 is 1.46 bits per heavy atom. The van der Waals surface area contributed by atoms with Crippen LogP contribution < -0.4 is 5.11 Å². The number of rotatable bonds is 2. The molecule has 0 bridgehead atoms. The predicted octanol–water partition coefficient (Wildman–Crippen LogP) is 0.277. The van der Waals surface area contributed by atoms with Gasteiger partial charge in [0.1, 0.15) is 0 Å². The molecule has 13 heavy (non-hydrogen) atoms. The molecule has 1 aromatic rings. The van der Waals surface area contributed by atoms with Crippen molar-refractivity contribution in [3.63, 3.8) is 0 Å². The fourth-order valence-electron chi connectivity index (χ4n) is 0.645. The zero-order valence-electron chi connectivity index (χ0n) is 7.40. The zero-order chi connectivity index (χ0) is 10.1. The third-order valence-corrected chi connectivity index (χ3v) is 2.20. The van der Waals surface area contributed by atoms with Crippen LogP contribution >= 0.6 is 0 Å². The Hall–Kier alpha value is -0.310. The molecule has 0 spiro atoms. The molecule has 0 atom stereocenters. The van der Waals surface area contributed by atoms with Gasteiger partial charge in [0, 0.05) is 0 Å². The molecule has 0 saturated heterocycles. The molecular weight excluding hydrogens is 192 g/mol. The number of benzene rings is 1. The molecule has 0 aliphatic heterocycles. The van der Waals surface area contributed by atoms with Crippen LogP contribution in [0.4, 0.5) is 0 Å². The summed E-state index contributed by atoms with van der Waals surface area (Å²) in [4.78, 5) is 9.14. The zero-order valence-corrected chi connectivity index (χ0v) is 9.61. The molecule has 0 aliphatic rings. The Morgan fingerprint density at radius 2 is 1.92 bits per heavy atom. The first kappa shape index (κ1) is 12.7. The molecule has 3 heteroatoms. The SMILES string of the molecule is C=CC(=O)[O-].[Ca+][CH2]c1ccccc1. The van der Waals surface area contributed by atoms with Crippen LogP contribution in [0.5, 0.6) is 0 Å². The molecule has 0 amide bonds. The summed E-state index contributed by atoms with van der Waals surface area (Å²) in [5.74, 6) is -1.23. The van der Waals surface area contributed by atoms with E-state index >= 15 is 0 Å². The third kappa shape index (κ3) is 8.03. The van der Waals surface area contributed by atoms with E-state index in [2.05, 4.69) is 36.9 Å². The van der Waals surface area contributed by atoms with Gasteiger partial charge in [0.15, 0.2) is 0 Å². The van der Waals surface area contributed by atoms with E-state index in [0.29, 0.717) is 0 Å². The van der Waals surface area contributed by atoms with E-state index < -0.39 is 5.97 Å². The van der Waals surface area contributed by atoms with Crippen LogP contribution in [0.15, 0.2) is 43.0 Å². The van der Waals surface area contributed by atoms with Gasteiger partial charge >= 0.3 is 74.2 Å². The molecule has 1 rings (SSSR count). The Kier molecular flexibility index (Phi) is 8.10. The molecule has 64 valence electrons. The summed E-state index contributed by atoms with van der Waals surface area (Å²) in [5, 5.41) is 9.14. The van der Waals surface area contributed by atoms with E-state index in [1.54, 1.807) is 0 Å². The van der Waals surface area contributed by atoms with E-state index in [-0.39, 0.29) is 0 Å². The van der Waals surface area contributed by atoms with Crippen molar-refractivity contribution in [2.75, 3.05) is 0 Å². The van der Waals surface area contributed by atoms with Crippen LogP contribution in [0, 0.1) is 0 Å². The number of hydrogen-bond donors (Lipinski definition) is 0. The Bertz CT molecular complexity index is 257. The molecule has 0 unspecified atom stereocenters. The number of aliphatic carboxylic acids is 1. The first-order chi connectivity index (χ1) is 6.20. The first-order valence-corrected chi connectivity index (χ1v) is 5.43. The molecule has 0 fully saturated rings. The normalized spacial score (nSPS) is 8.15. The number of carboxylic acid groups (broad SMARTS) is 1. The van der Waals surface area contributed by atoms with Crippen molar-refractivity contribution in [1.29, 1.82) is 0 Å². The van der Waals surface area contributed by atoms with Crippen LogP contribution in [0.3, 0.4) is 0 Å². The van der Waals surface area contributed by atoms with Crippen molar-refractivity contribution >= 4 is 41.8 Å². The average molecular weight is 202 g/mol. The molecule has 0 radical (unpaired) electrons. The number of carboxylic acids is 1. The monoisotopic (exact) mass is 202 g/mol. The van der Waals surface area contributed by atoms with Crippen LogP contribution in [0.25, 0.3) is 0 Å². The Morgan fingerprint density at radius 3 is 2.15 bits per heavy atom. The van der Waals surface area contributed by atoms with E-state index in [1.807, 2.05) is 0 Å². The fourth-order valence-corrected chi connectivity index (χ4v) is 1.17. The van der Waals surface area contributed by atoms with E-state index in [1.165, 1.54) is 43.9 Å². The summed E-state index contributed by atoms with van der Waals surface area (Å²) in [6, 6.07) is 10.6. The molecular formula is C10H10CaO2. The predicted molar refractivity (Wildman–Crippen MR) is 51.1 cm³/mol. The van der Waals surface area contributed by atoms with E-state index in [9.17, 15) is 0 Å². The van der Waals surface area contributed by atoms with Crippen molar-refractivity contribution in [2.24, 2.45) is 0 Å². The van der Waals surface area contributed by atoms with Crippen LogP contribution in [0.1, 0.15) is 5.56 Å². The van der Waals surface area contributed by atoms with E-state index in [0.717, 1.165) is 6.08 Å². The van der Waals surface area contributed by atoms with Gasteiger partial charge in [-0.3, -0.25) is 0 Å². The van der Waals surface area contributed by atoms with Gasteiger partial charge in [0.05, 0.1) is 5.97 Å². The van der Waals surface area contributed by atoms with Crippen molar-refractivity contribution in [2.45, 2.75) is 2.52 Å². The van der Waals surface area contributed by atoms with Gasteiger partial charge in [-0.15, -0.1) is 0 Å². The minimum atomic E-state index is -1.23. The second kappa shape index (κ2) is 8.30. The van der Waals surface area contributed by atoms with Crippen molar-refractivity contribution < 1.29 is 9.90 Å². The summed E-state index contributed by atoms with van der Waals surface area (Å²) >= 11 is 1.37. The molecule has 0 N–H and O–H groups in total. The molecule has 1 aromatic carbocycles. The fraction of sp³-hybridized carbons (Fsp3) is 0.100. The van der Waals surface area contributed by atoms with Crippen LogP contribution in [-0.4, -0.2) is 41.8 Å².